The highest BCUT2D eigenvalue weighted by Crippen LogP contribution is 2.17. The van der Waals surface area contributed by atoms with E-state index in [0.29, 0.717) is 13.1 Å². The molecule has 0 saturated heterocycles. The second kappa shape index (κ2) is 4.65. The number of hydrogen-bond acceptors (Lipinski definition) is 3. The fourth-order valence-corrected chi connectivity index (χ4v) is 1.61. The second-order valence-electron chi connectivity index (χ2n) is 4.40. The van der Waals surface area contributed by atoms with Gasteiger partial charge in [0.05, 0.1) is 6.20 Å². The van der Waals surface area contributed by atoms with E-state index in [1.807, 2.05) is 25.1 Å². The molecule has 1 aromatic heterocycles. The smallest absolute Gasteiger partial charge is 0.323 e. The average molecular weight is 225 g/mol. The van der Waals surface area contributed by atoms with Crippen LogP contribution in [-0.2, 0) is 18.4 Å². The van der Waals surface area contributed by atoms with Crippen molar-refractivity contribution in [1.29, 1.82) is 0 Å². The van der Waals surface area contributed by atoms with E-state index >= 15 is 0 Å². The lowest BCUT2D eigenvalue weighted by Gasteiger charge is -2.33. The van der Waals surface area contributed by atoms with E-state index in [2.05, 4.69) is 5.10 Å². The largest absolute Gasteiger partial charge is 0.480 e. The van der Waals surface area contributed by atoms with E-state index < -0.39 is 11.5 Å². The summed E-state index contributed by atoms with van der Waals surface area (Å²) >= 11 is 0. The minimum Gasteiger partial charge on any atom is -0.480 e. The van der Waals surface area contributed by atoms with Gasteiger partial charge in [-0.3, -0.25) is 14.4 Å². The molecule has 0 spiro atoms. The lowest BCUT2D eigenvalue weighted by molar-refractivity contribution is -0.149. The van der Waals surface area contributed by atoms with Gasteiger partial charge in [0.15, 0.2) is 0 Å². The van der Waals surface area contributed by atoms with Gasteiger partial charge in [0, 0.05) is 25.4 Å². The van der Waals surface area contributed by atoms with Gasteiger partial charge < -0.3 is 5.11 Å². The normalized spacial score (nSPS) is 12.1. The number of aryl methyl sites for hydroxylation is 1. The number of rotatable bonds is 5. The predicted octanol–water partition coefficient (Wildman–Crippen LogP) is 1.11. The molecule has 5 nitrogen and oxygen atoms in total. The summed E-state index contributed by atoms with van der Waals surface area (Å²) in [7, 11) is 1.85. The van der Waals surface area contributed by atoms with Crippen LogP contribution < -0.4 is 0 Å². The number of carbonyl (C=O) groups is 1. The maximum Gasteiger partial charge on any atom is 0.323 e. The number of hydrogen-bond donors (Lipinski definition) is 1. The Balaban J connectivity index is 2.80. The molecule has 0 aliphatic rings. The molecule has 1 N–H and O–H groups in total. The van der Waals surface area contributed by atoms with E-state index in [-0.39, 0.29) is 0 Å². The Morgan fingerprint density at radius 3 is 2.62 bits per heavy atom. The quantitative estimate of drug-likeness (QED) is 0.815. The standard InChI is InChI=1S/C11H19N3O2/c1-5-14(11(2,3)10(15)16)8-9-6-12-13(4)7-9/h6-7H,5,8H2,1-4H3,(H,15,16). The topological polar surface area (TPSA) is 58.4 Å². The van der Waals surface area contributed by atoms with Crippen molar-refractivity contribution < 1.29 is 9.90 Å². The third-order valence-corrected chi connectivity index (χ3v) is 2.83. The highest BCUT2D eigenvalue weighted by molar-refractivity contribution is 5.77. The highest BCUT2D eigenvalue weighted by Gasteiger charge is 2.33. The molecule has 0 atom stereocenters. The van der Waals surface area contributed by atoms with Crippen LogP contribution in [0.25, 0.3) is 0 Å². The molecule has 0 amide bonds. The van der Waals surface area contributed by atoms with Gasteiger partial charge in [-0.15, -0.1) is 0 Å². The third-order valence-electron chi connectivity index (χ3n) is 2.83. The zero-order valence-corrected chi connectivity index (χ0v) is 10.3. The molecule has 0 aliphatic carbocycles. The van der Waals surface area contributed by atoms with Crippen molar-refractivity contribution in [2.45, 2.75) is 32.9 Å². The van der Waals surface area contributed by atoms with Crippen LogP contribution in [0.2, 0.25) is 0 Å². The molecule has 0 radical (unpaired) electrons. The Labute approximate surface area is 95.7 Å². The fourth-order valence-electron chi connectivity index (χ4n) is 1.61. The summed E-state index contributed by atoms with van der Waals surface area (Å²) in [4.78, 5) is 13.1. The zero-order valence-electron chi connectivity index (χ0n) is 10.3. The number of carboxylic acid groups (broad SMARTS) is 1. The zero-order chi connectivity index (χ0) is 12.3. The molecule has 0 unspecified atom stereocenters. The van der Waals surface area contributed by atoms with E-state index in [9.17, 15) is 4.79 Å². The van der Waals surface area contributed by atoms with Crippen molar-refractivity contribution in [1.82, 2.24) is 14.7 Å². The monoisotopic (exact) mass is 225 g/mol. The van der Waals surface area contributed by atoms with Crippen LogP contribution in [0.3, 0.4) is 0 Å². The van der Waals surface area contributed by atoms with Crippen LogP contribution in [-0.4, -0.2) is 37.8 Å². The maximum atomic E-state index is 11.2. The number of aliphatic carboxylic acids is 1. The number of likely N-dealkylation sites (N-methyl/N-ethyl adjacent to an activating group) is 1. The summed E-state index contributed by atoms with van der Waals surface area (Å²) in [5.41, 5.74) is 0.170. The molecule has 1 aromatic rings. The molecule has 1 heterocycles. The van der Waals surface area contributed by atoms with Gasteiger partial charge in [0.2, 0.25) is 0 Å². The summed E-state index contributed by atoms with van der Waals surface area (Å²) in [5.74, 6) is -0.807. The fraction of sp³-hybridized carbons (Fsp3) is 0.636. The van der Waals surface area contributed by atoms with Gasteiger partial charge in [-0.2, -0.15) is 5.10 Å². The Morgan fingerprint density at radius 1 is 1.62 bits per heavy atom. The first kappa shape index (κ1) is 12.7. The van der Waals surface area contributed by atoms with Crippen molar-refractivity contribution in [2.24, 2.45) is 7.05 Å². The van der Waals surface area contributed by atoms with E-state index in [1.165, 1.54) is 0 Å². The summed E-state index contributed by atoms with van der Waals surface area (Å²) in [6, 6.07) is 0. The van der Waals surface area contributed by atoms with E-state index in [1.54, 1.807) is 24.7 Å². The molecule has 0 bridgehead atoms. The van der Waals surface area contributed by atoms with Gasteiger partial charge >= 0.3 is 5.97 Å². The van der Waals surface area contributed by atoms with Crippen LogP contribution in [0.5, 0.6) is 0 Å². The maximum absolute atomic E-state index is 11.2. The molecule has 0 saturated carbocycles. The van der Waals surface area contributed by atoms with Crippen LogP contribution in [0.15, 0.2) is 12.4 Å². The molecule has 0 aromatic carbocycles. The molecule has 16 heavy (non-hydrogen) atoms. The Kier molecular flexibility index (Phi) is 3.70. The van der Waals surface area contributed by atoms with Gasteiger partial charge in [0.25, 0.3) is 0 Å². The van der Waals surface area contributed by atoms with Crippen LogP contribution >= 0.6 is 0 Å². The van der Waals surface area contributed by atoms with E-state index in [0.717, 1.165) is 5.56 Å². The van der Waals surface area contributed by atoms with Crippen molar-refractivity contribution in [3.05, 3.63) is 18.0 Å². The minimum atomic E-state index is -0.857. The lowest BCUT2D eigenvalue weighted by atomic mass is 10.0. The van der Waals surface area contributed by atoms with Crippen LogP contribution in [0, 0.1) is 0 Å². The predicted molar refractivity (Wildman–Crippen MR) is 61.0 cm³/mol. The van der Waals surface area contributed by atoms with Gasteiger partial charge in [0.1, 0.15) is 5.54 Å². The summed E-state index contributed by atoms with van der Waals surface area (Å²) in [5, 5.41) is 13.2. The van der Waals surface area contributed by atoms with Crippen molar-refractivity contribution >= 4 is 5.97 Å². The molecular weight excluding hydrogens is 206 g/mol. The number of nitrogens with zero attached hydrogens (tertiary/aromatic N) is 3. The first-order valence-electron chi connectivity index (χ1n) is 5.34. The first-order chi connectivity index (χ1) is 7.37. The van der Waals surface area contributed by atoms with Crippen molar-refractivity contribution in [3.63, 3.8) is 0 Å². The average Bonchev–Trinajstić information content (AvgIpc) is 2.60. The molecule has 1 rings (SSSR count). The molecule has 5 heteroatoms. The molecular formula is C11H19N3O2. The number of carboxylic acids is 1. The van der Waals surface area contributed by atoms with Crippen LogP contribution in [0.4, 0.5) is 0 Å². The summed E-state index contributed by atoms with van der Waals surface area (Å²) < 4.78 is 1.72. The first-order valence-corrected chi connectivity index (χ1v) is 5.34. The van der Waals surface area contributed by atoms with Crippen LogP contribution in [0.1, 0.15) is 26.3 Å². The van der Waals surface area contributed by atoms with Gasteiger partial charge in [-0.1, -0.05) is 6.92 Å². The van der Waals surface area contributed by atoms with Crippen molar-refractivity contribution in [3.8, 4) is 0 Å². The summed E-state index contributed by atoms with van der Waals surface area (Å²) in [6.07, 6.45) is 3.67. The SMILES string of the molecule is CCN(Cc1cnn(C)c1)C(C)(C)C(=O)O. The number of aromatic nitrogens is 2. The summed E-state index contributed by atoms with van der Waals surface area (Å²) in [6.45, 7) is 6.68. The Morgan fingerprint density at radius 2 is 2.25 bits per heavy atom. The highest BCUT2D eigenvalue weighted by atomic mass is 16.4. The third kappa shape index (κ3) is 2.61. The van der Waals surface area contributed by atoms with Gasteiger partial charge in [-0.25, -0.2) is 0 Å². The molecule has 0 fully saturated rings. The second-order valence-corrected chi connectivity index (χ2v) is 4.40. The van der Waals surface area contributed by atoms with E-state index in [4.69, 9.17) is 5.11 Å². The molecule has 90 valence electrons. The Hall–Kier alpha value is -1.36. The Bertz CT molecular complexity index is 371. The van der Waals surface area contributed by atoms with Crippen molar-refractivity contribution in [2.75, 3.05) is 6.54 Å². The molecule has 0 aliphatic heterocycles. The van der Waals surface area contributed by atoms with Gasteiger partial charge in [-0.05, 0) is 20.4 Å². The lowest BCUT2D eigenvalue weighted by Crippen LogP contribution is -2.49. The minimum absolute atomic E-state index is 0.601.